The Hall–Kier alpha value is -3.89. The Bertz CT molecular complexity index is 1400. The lowest BCUT2D eigenvalue weighted by Gasteiger charge is -2.31. The largest absolute Gasteiger partial charge is 0.409 e. The number of nitrogens with one attached hydrogen (secondary N) is 1. The fourth-order valence-corrected chi connectivity index (χ4v) is 5.68. The molecule has 1 aliphatic rings. The van der Waals surface area contributed by atoms with Crippen LogP contribution in [-0.2, 0) is 14.8 Å². The summed E-state index contributed by atoms with van der Waals surface area (Å²) in [5.41, 5.74) is 8.96. The third-order valence-corrected chi connectivity index (χ3v) is 7.79. The summed E-state index contributed by atoms with van der Waals surface area (Å²) in [4.78, 5) is 15.2. The van der Waals surface area contributed by atoms with Gasteiger partial charge in [0.25, 0.3) is 0 Å². The minimum atomic E-state index is -3.88. The van der Waals surface area contributed by atoms with Gasteiger partial charge in [-0.3, -0.25) is 4.79 Å². The molecule has 1 amide bonds. The molecule has 4 rings (SSSR count). The van der Waals surface area contributed by atoms with E-state index in [1.807, 2.05) is 23.1 Å². The van der Waals surface area contributed by atoms with Crippen LogP contribution < -0.4 is 21.1 Å². The maximum atomic E-state index is 13.1. The lowest BCUT2D eigenvalue weighted by molar-refractivity contribution is -0.115. The Morgan fingerprint density at radius 1 is 1.00 bits per heavy atom. The molecule has 0 heterocycles. The maximum Gasteiger partial charge on any atom is 0.243 e. The molecule has 1 fully saturated rings. The summed E-state index contributed by atoms with van der Waals surface area (Å²) in [6.45, 7) is 0.864. The topological polar surface area (TPSA) is 151 Å². The first-order valence-electron chi connectivity index (χ1n) is 12.6. The van der Waals surface area contributed by atoms with E-state index in [4.69, 9.17) is 16.1 Å². The predicted molar refractivity (Wildman–Crippen MR) is 150 cm³/mol. The van der Waals surface area contributed by atoms with Crippen LogP contribution in [0.4, 0.5) is 11.4 Å². The van der Waals surface area contributed by atoms with Crippen LogP contribution in [0, 0.1) is 5.92 Å². The van der Waals surface area contributed by atoms with Crippen molar-refractivity contribution >= 4 is 33.1 Å². The smallest absolute Gasteiger partial charge is 0.243 e. The number of amidine groups is 1. The van der Waals surface area contributed by atoms with Crippen molar-refractivity contribution in [3.8, 4) is 11.1 Å². The van der Waals surface area contributed by atoms with E-state index in [2.05, 4.69) is 10.5 Å². The van der Waals surface area contributed by atoms with E-state index < -0.39 is 10.0 Å². The highest BCUT2D eigenvalue weighted by Crippen LogP contribution is 2.29. The number of hydrogen-bond acceptors (Lipinski definition) is 6. The standard InChI is InChI=1S/C28H33N5O4S/c29-28(32-35)22-9-6-10-24(17-22)33(18-20-7-2-1-3-8-20)19-27(34)31-23-15-13-21(14-16-23)25-11-4-5-12-26(25)38(30,36)37/h4-6,9-17,20,35H,1-3,7-8,18-19H2,(H2,29,32)(H,31,34)(H2,30,36,37). The Morgan fingerprint density at radius 2 is 1.71 bits per heavy atom. The zero-order chi connectivity index (χ0) is 27.1. The van der Waals surface area contributed by atoms with Gasteiger partial charge in [0.15, 0.2) is 5.84 Å². The van der Waals surface area contributed by atoms with Gasteiger partial charge in [0.05, 0.1) is 11.4 Å². The van der Waals surface area contributed by atoms with E-state index in [0.717, 1.165) is 25.1 Å². The van der Waals surface area contributed by atoms with Gasteiger partial charge in [0.2, 0.25) is 15.9 Å². The van der Waals surface area contributed by atoms with Crippen LogP contribution in [0.25, 0.3) is 11.1 Å². The number of nitrogens with zero attached hydrogens (tertiary/aromatic N) is 2. The van der Waals surface area contributed by atoms with E-state index in [9.17, 15) is 13.2 Å². The quantitative estimate of drug-likeness (QED) is 0.140. The van der Waals surface area contributed by atoms with Gasteiger partial charge >= 0.3 is 0 Å². The van der Waals surface area contributed by atoms with E-state index in [1.54, 1.807) is 48.5 Å². The average Bonchev–Trinajstić information content (AvgIpc) is 2.93. The zero-order valence-corrected chi connectivity index (χ0v) is 21.9. The molecule has 1 aliphatic carbocycles. The molecular weight excluding hydrogens is 502 g/mol. The molecule has 200 valence electrons. The molecule has 3 aromatic rings. The van der Waals surface area contributed by atoms with Crippen molar-refractivity contribution in [3.05, 3.63) is 78.4 Å². The molecule has 0 bridgehead atoms. The number of sulfonamides is 1. The lowest BCUT2D eigenvalue weighted by atomic mass is 9.89. The number of rotatable bonds is 9. The SMILES string of the molecule is NC(=NO)c1cccc(N(CC(=O)Nc2ccc(-c3ccccc3S(N)(=O)=O)cc2)CC2CCCCC2)c1. The Labute approximate surface area is 223 Å². The number of carbonyl (C=O) groups is 1. The number of hydrogen-bond donors (Lipinski definition) is 4. The molecule has 0 aliphatic heterocycles. The highest BCUT2D eigenvalue weighted by Gasteiger charge is 2.21. The van der Waals surface area contributed by atoms with Gasteiger partial charge in [-0.15, -0.1) is 0 Å². The van der Waals surface area contributed by atoms with Crippen molar-refractivity contribution in [3.63, 3.8) is 0 Å². The Balaban J connectivity index is 1.51. The second-order valence-electron chi connectivity index (χ2n) is 9.59. The highest BCUT2D eigenvalue weighted by molar-refractivity contribution is 7.89. The van der Waals surface area contributed by atoms with Gasteiger partial charge in [0, 0.05) is 29.0 Å². The van der Waals surface area contributed by atoms with E-state index in [0.29, 0.717) is 28.3 Å². The van der Waals surface area contributed by atoms with E-state index in [-0.39, 0.29) is 23.2 Å². The molecule has 38 heavy (non-hydrogen) atoms. The summed E-state index contributed by atoms with van der Waals surface area (Å²) in [5, 5.41) is 20.5. The molecular formula is C28H33N5O4S. The molecule has 1 saturated carbocycles. The van der Waals surface area contributed by atoms with E-state index >= 15 is 0 Å². The van der Waals surface area contributed by atoms with Crippen molar-refractivity contribution in [2.45, 2.75) is 37.0 Å². The fraction of sp³-hybridized carbons (Fsp3) is 0.286. The summed E-state index contributed by atoms with van der Waals surface area (Å²) >= 11 is 0. The summed E-state index contributed by atoms with van der Waals surface area (Å²) in [6, 6.07) is 20.8. The monoisotopic (exact) mass is 535 g/mol. The van der Waals surface area contributed by atoms with Crippen LogP contribution in [0.2, 0.25) is 0 Å². The Morgan fingerprint density at radius 3 is 2.39 bits per heavy atom. The first-order chi connectivity index (χ1) is 18.2. The third-order valence-electron chi connectivity index (χ3n) is 6.83. The number of amides is 1. The normalized spacial score (nSPS) is 14.7. The van der Waals surface area contributed by atoms with Crippen LogP contribution in [0.3, 0.4) is 0 Å². The minimum Gasteiger partial charge on any atom is -0.409 e. The Kier molecular flexibility index (Phi) is 8.65. The molecule has 0 aromatic heterocycles. The average molecular weight is 536 g/mol. The van der Waals surface area contributed by atoms with Gasteiger partial charge in [-0.25, -0.2) is 13.6 Å². The number of carbonyl (C=O) groups excluding carboxylic acids is 1. The molecule has 6 N–H and O–H groups in total. The maximum absolute atomic E-state index is 13.1. The van der Waals surface area contributed by atoms with Crippen molar-refractivity contribution in [1.29, 1.82) is 0 Å². The van der Waals surface area contributed by atoms with Gasteiger partial charge in [-0.1, -0.05) is 66.9 Å². The van der Waals surface area contributed by atoms with Crippen LogP contribution in [0.15, 0.2) is 82.8 Å². The van der Waals surface area contributed by atoms with Gasteiger partial charge in [0.1, 0.15) is 0 Å². The number of oxime groups is 1. The minimum absolute atomic E-state index is 0.0121. The van der Waals surface area contributed by atoms with Crippen LogP contribution in [-0.4, -0.2) is 38.5 Å². The number of primary sulfonamides is 1. The molecule has 10 heteroatoms. The fourth-order valence-electron chi connectivity index (χ4n) is 4.92. The lowest BCUT2D eigenvalue weighted by Crippen LogP contribution is -2.37. The molecule has 0 atom stereocenters. The molecule has 0 saturated heterocycles. The number of nitrogens with two attached hydrogens (primary N) is 2. The second-order valence-corrected chi connectivity index (χ2v) is 11.1. The van der Waals surface area contributed by atoms with Gasteiger partial charge in [-0.05, 0) is 54.7 Å². The zero-order valence-electron chi connectivity index (χ0n) is 21.1. The van der Waals surface area contributed by atoms with Crippen LogP contribution >= 0.6 is 0 Å². The summed E-state index contributed by atoms with van der Waals surface area (Å²) in [6.07, 6.45) is 5.87. The van der Waals surface area contributed by atoms with Gasteiger partial charge < -0.3 is 21.2 Å². The second kappa shape index (κ2) is 12.1. The third kappa shape index (κ3) is 6.90. The van der Waals surface area contributed by atoms with Crippen molar-refractivity contribution in [2.75, 3.05) is 23.3 Å². The summed E-state index contributed by atoms with van der Waals surface area (Å²) < 4.78 is 23.9. The van der Waals surface area contributed by atoms with Crippen molar-refractivity contribution in [2.24, 2.45) is 21.9 Å². The van der Waals surface area contributed by atoms with Gasteiger partial charge in [-0.2, -0.15) is 0 Å². The van der Waals surface area contributed by atoms with E-state index in [1.165, 1.54) is 25.3 Å². The molecule has 0 radical (unpaired) electrons. The van der Waals surface area contributed by atoms with Crippen LogP contribution in [0.5, 0.6) is 0 Å². The first-order valence-corrected chi connectivity index (χ1v) is 14.1. The molecule has 9 nitrogen and oxygen atoms in total. The summed E-state index contributed by atoms with van der Waals surface area (Å²) in [5.74, 6) is 0.313. The van der Waals surface area contributed by atoms with Crippen molar-refractivity contribution < 1.29 is 18.4 Å². The highest BCUT2D eigenvalue weighted by atomic mass is 32.2. The number of anilines is 2. The molecule has 0 spiro atoms. The molecule has 3 aromatic carbocycles. The first kappa shape index (κ1) is 27.2. The summed E-state index contributed by atoms with van der Waals surface area (Å²) in [7, 11) is -3.88. The van der Waals surface area contributed by atoms with Crippen molar-refractivity contribution in [1.82, 2.24) is 0 Å². The van der Waals surface area contributed by atoms with Crippen LogP contribution in [0.1, 0.15) is 37.7 Å². The number of benzene rings is 3. The predicted octanol–water partition coefficient (Wildman–Crippen LogP) is 4.12. The molecule has 0 unspecified atom stereocenters.